The molecule has 0 bridgehead atoms. The third-order valence-corrected chi connectivity index (χ3v) is 7.54. The van der Waals surface area contributed by atoms with Gasteiger partial charge in [-0.05, 0) is 85.3 Å². The fourth-order valence-electron chi connectivity index (χ4n) is 5.14. The lowest BCUT2D eigenvalue weighted by molar-refractivity contribution is 0.0726. The Labute approximate surface area is 215 Å². The van der Waals surface area contributed by atoms with Crippen molar-refractivity contribution in [1.29, 1.82) is 0 Å². The van der Waals surface area contributed by atoms with E-state index in [1.165, 1.54) is 42.5 Å². The van der Waals surface area contributed by atoms with E-state index in [1.54, 1.807) is 6.07 Å². The molecule has 3 aromatic rings. The molecule has 3 aromatic carbocycles. The summed E-state index contributed by atoms with van der Waals surface area (Å²) in [6, 6.07) is 11.6. The van der Waals surface area contributed by atoms with Crippen LogP contribution in [0.4, 0.5) is 17.6 Å². The molecule has 0 radical (unpaired) electrons. The molecule has 1 fully saturated rings. The fraction of sp³-hybridized carbons (Fsp3) is 0.387. The largest absolute Gasteiger partial charge is 0.420 e. The highest BCUT2D eigenvalue weighted by molar-refractivity contribution is 5.91. The van der Waals surface area contributed by atoms with Crippen LogP contribution in [0.3, 0.4) is 0 Å². The Balaban J connectivity index is 1.46. The molecule has 2 nitrogen and oxygen atoms in total. The first-order chi connectivity index (χ1) is 17.8. The number of carbonyl (C=O) groups excluding carboxylic acids is 1. The van der Waals surface area contributed by atoms with Crippen molar-refractivity contribution in [2.75, 3.05) is 0 Å². The summed E-state index contributed by atoms with van der Waals surface area (Å²) in [4.78, 5) is 12.6. The van der Waals surface area contributed by atoms with E-state index in [9.17, 15) is 22.4 Å². The predicted octanol–water partition coefficient (Wildman–Crippen LogP) is 9.16. The predicted molar refractivity (Wildman–Crippen MR) is 137 cm³/mol. The van der Waals surface area contributed by atoms with Crippen molar-refractivity contribution in [3.05, 3.63) is 88.5 Å². The Hall–Kier alpha value is -3.15. The van der Waals surface area contributed by atoms with Crippen LogP contribution in [0.25, 0.3) is 11.1 Å². The Morgan fingerprint density at radius 3 is 2.16 bits per heavy atom. The van der Waals surface area contributed by atoms with Gasteiger partial charge < -0.3 is 4.74 Å². The maximum atomic E-state index is 14.9. The number of hydrogen-bond donors (Lipinski definition) is 0. The van der Waals surface area contributed by atoms with Crippen LogP contribution in [0.2, 0.25) is 0 Å². The average molecular weight is 513 g/mol. The average Bonchev–Trinajstić information content (AvgIpc) is 2.92. The van der Waals surface area contributed by atoms with E-state index in [0.717, 1.165) is 44.9 Å². The number of carbonyl (C=O) groups is 1. The van der Waals surface area contributed by atoms with E-state index in [0.29, 0.717) is 29.0 Å². The monoisotopic (exact) mass is 512 g/mol. The fourth-order valence-corrected chi connectivity index (χ4v) is 5.14. The smallest absolute Gasteiger partial charge is 0.343 e. The van der Waals surface area contributed by atoms with Crippen molar-refractivity contribution in [2.24, 2.45) is 5.92 Å². The van der Waals surface area contributed by atoms with Crippen LogP contribution in [0.1, 0.15) is 86.2 Å². The minimum Gasteiger partial charge on any atom is -0.420 e. The molecule has 0 saturated heterocycles. The van der Waals surface area contributed by atoms with E-state index in [-0.39, 0.29) is 17.0 Å². The maximum Gasteiger partial charge on any atom is 0.343 e. The van der Waals surface area contributed by atoms with Gasteiger partial charge >= 0.3 is 5.97 Å². The molecule has 196 valence electrons. The molecule has 1 aliphatic rings. The number of ether oxygens (including phenoxy) is 1. The molecule has 6 heteroatoms. The Morgan fingerprint density at radius 1 is 0.811 bits per heavy atom. The minimum atomic E-state index is -1.18. The minimum absolute atomic E-state index is 0.0412. The normalized spacial score (nSPS) is 17.6. The van der Waals surface area contributed by atoms with Crippen molar-refractivity contribution in [3.8, 4) is 16.9 Å². The SMILES string of the molecule is CCCCc1ccc(-c2ccc(C(=O)Oc3ccc(C4CCC(CC)CC4)c(F)c3F)cc2)c(F)c1F. The lowest BCUT2D eigenvalue weighted by Crippen LogP contribution is -2.15. The number of rotatable bonds is 8. The van der Waals surface area contributed by atoms with Gasteiger partial charge in [0.2, 0.25) is 5.82 Å². The molecule has 0 atom stereocenters. The molecule has 0 N–H and O–H groups in total. The molecule has 1 aliphatic carbocycles. The van der Waals surface area contributed by atoms with E-state index in [1.807, 2.05) is 6.92 Å². The van der Waals surface area contributed by atoms with Crippen LogP contribution in [0.15, 0.2) is 48.5 Å². The second-order valence-electron chi connectivity index (χ2n) is 9.88. The molecule has 4 rings (SSSR count). The highest BCUT2D eigenvalue weighted by Crippen LogP contribution is 2.39. The molecule has 0 unspecified atom stereocenters. The van der Waals surface area contributed by atoms with Crippen LogP contribution >= 0.6 is 0 Å². The molecular weight excluding hydrogens is 480 g/mol. The second kappa shape index (κ2) is 11.9. The molecule has 0 aromatic heterocycles. The number of unbranched alkanes of at least 4 members (excludes halogenated alkanes) is 1. The third-order valence-electron chi connectivity index (χ3n) is 7.54. The Bertz CT molecular complexity index is 1250. The van der Waals surface area contributed by atoms with Gasteiger partial charge in [0.15, 0.2) is 23.2 Å². The van der Waals surface area contributed by atoms with Crippen molar-refractivity contribution < 1.29 is 27.1 Å². The van der Waals surface area contributed by atoms with Gasteiger partial charge in [-0.3, -0.25) is 0 Å². The van der Waals surface area contributed by atoms with E-state index in [2.05, 4.69) is 6.92 Å². The Morgan fingerprint density at radius 2 is 1.51 bits per heavy atom. The third kappa shape index (κ3) is 5.89. The van der Waals surface area contributed by atoms with Crippen molar-refractivity contribution in [2.45, 2.75) is 71.1 Å². The summed E-state index contributed by atoms with van der Waals surface area (Å²) in [6.45, 7) is 4.12. The number of aryl methyl sites for hydroxylation is 1. The summed E-state index contributed by atoms with van der Waals surface area (Å²) in [5, 5.41) is 0. The first kappa shape index (κ1) is 26.9. The van der Waals surface area contributed by atoms with Gasteiger partial charge in [-0.25, -0.2) is 18.0 Å². The molecular formula is C31H32F4O2. The van der Waals surface area contributed by atoms with Gasteiger partial charge in [0.1, 0.15) is 0 Å². The van der Waals surface area contributed by atoms with Crippen LogP contribution in [-0.4, -0.2) is 5.97 Å². The second-order valence-corrected chi connectivity index (χ2v) is 9.88. The first-order valence-corrected chi connectivity index (χ1v) is 13.1. The lowest BCUT2D eigenvalue weighted by atomic mass is 9.77. The van der Waals surface area contributed by atoms with Gasteiger partial charge in [0.05, 0.1) is 5.56 Å². The zero-order valence-electron chi connectivity index (χ0n) is 21.3. The van der Waals surface area contributed by atoms with Gasteiger partial charge in [-0.1, -0.05) is 57.0 Å². The zero-order chi connectivity index (χ0) is 26.5. The topological polar surface area (TPSA) is 26.3 Å². The van der Waals surface area contributed by atoms with Gasteiger partial charge in [-0.2, -0.15) is 4.39 Å². The standard InChI is InChI=1S/C31H32F4O2/c1-3-5-6-22-15-16-24(28(33)27(22)32)21-11-13-23(14-12-21)31(36)37-26-18-17-25(29(34)30(26)35)20-9-7-19(4-2)8-10-20/h11-20H,3-10H2,1-2H3. The highest BCUT2D eigenvalue weighted by Gasteiger charge is 2.27. The van der Waals surface area contributed by atoms with Crippen molar-refractivity contribution >= 4 is 5.97 Å². The van der Waals surface area contributed by atoms with Gasteiger partial charge in [0.25, 0.3) is 0 Å². The number of hydrogen-bond acceptors (Lipinski definition) is 2. The number of halogens is 4. The molecule has 0 amide bonds. The Kier molecular flexibility index (Phi) is 8.67. The number of benzene rings is 3. The van der Waals surface area contributed by atoms with Crippen LogP contribution in [0.5, 0.6) is 5.75 Å². The van der Waals surface area contributed by atoms with Crippen molar-refractivity contribution in [3.63, 3.8) is 0 Å². The quantitative estimate of drug-likeness (QED) is 0.171. The van der Waals surface area contributed by atoms with Gasteiger partial charge in [0, 0.05) is 5.56 Å². The summed E-state index contributed by atoms with van der Waals surface area (Å²) in [5.41, 5.74) is 1.19. The summed E-state index contributed by atoms with van der Waals surface area (Å²) < 4.78 is 63.9. The maximum absolute atomic E-state index is 14.9. The number of esters is 1. The molecule has 0 heterocycles. The summed E-state index contributed by atoms with van der Waals surface area (Å²) in [7, 11) is 0. The lowest BCUT2D eigenvalue weighted by Gasteiger charge is -2.28. The summed E-state index contributed by atoms with van der Waals surface area (Å²) >= 11 is 0. The van der Waals surface area contributed by atoms with Gasteiger partial charge in [-0.15, -0.1) is 0 Å². The molecule has 1 saturated carbocycles. The highest BCUT2D eigenvalue weighted by atomic mass is 19.2. The van der Waals surface area contributed by atoms with E-state index in [4.69, 9.17) is 4.74 Å². The summed E-state index contributed by atoms with van der Waals surface area (Å²) in [6.07, 6.45) is 6.81. The van der Waals surface area contributed by atoms with Crippen LogP contribution in [-0.2, 0) is 6.42 Å². The molecule has 0 aliphatic heterocycles. The van der Waals surface area contributed by atoms with E-state index >= 15 is 0 Å². The van der Waals surface area contributed by atoms with Crippen LogP contribution in [0, 0.1) is 29.2 Å². The van der Waals surface area contributed by atoms with Crippen LogP contribution < -0.4 is 4.74 Å². The van der Waals surface area contributed by atoms with Crippen molar-refractivity contribution in [1.82, 2.24) is 0 Å². The first-order valence-electron chi connectivity index (χ1n) is 13.1. The molecule has 0 spiro atoms. The summed E-state index contributed by atoms with van der Waals surface area (Å²) in [5.74, 6) is -4.72. The molecule has 37 heavy (non-hydrogen) atoms. The zero-order valence-corrected chi connectivity index (χ0v) is 21.3. The van der Waals surface area contributed by atoms with E-state index < -0.39 is 35.0 Å².